The first-order valence-corrected chi connectivity index (χ1v) is 7.71. The zero-order chi connectivity index (χ0) is 13.2. The summed E-state index contributed by atoms with van der Waals surface area (Å²) in [7, 11) is 0. The van der Waals surface area contributed by atoms with Gasteiger partial charge >= 0.3 is 0 Å². The lowest BCUT2D eigenvalue weighted by molar-refractivity contribution is 0.288. The largest absolute Gasteiger partial charge is 0.476 e. The lowest BCUT2D eigenvalue weighted by atomic mass is 10.4. The van der Waals surface area contributed by atoms with Crippen molar-refractivity contribution in [3.63, 3.8) is 0 Å². The predicted molar refractivity (Wildman–Crippen MR) is 75.6 cm³/mol. The summed E-state index contributed by atoms with van der Waals surface area (Å²) in [6.45, 7) is 2.64. The van der Waals surface area contributed by atoms with E-state index >= 15 is 0 Å². The Morgan fingerprint density at radius 3 is 2.95 bits per heavy atom. The van der Waals surface area contributed by atoms with Gasteiger partial charge < -0.3 is 10.5 Å². The highest BCUT2D eigenvalue weighted by molar-refractivity contribution is 8.01. The summed E-state index contributed by atoms with van der Waals surface area (Å²) < 4.78 is 6.54. The van der Waals surface area contributed by atoms with Crippen LogP contribution in [0.5, 0.6) is 5.88 Å². The molecule has 0 atom stereocenters. The lowest BCUT2D eigenvalue weighted by Crippen LogP contribution is -2.04. The van der Waals surface area contributed by atoms with E-state index in [-0.39, 0.29) is 0 Å². The van der Waals surface area contributed by atoms with Gasteiger partial charge in [0.2, 0.25) is 5.88 Å². The molecule has 0 spiro atoms. The standard InChI is InChI=1S/C12H14N4OS2/c1-7-15-16-12(18-7)19-10-5-4-9(13)11(14-10)17-6-8-2-3-8/h4-5,8H,2-3,6,13H2,1H3. The van der Waals surface area contributed by atoms with Gasteiger partial charge in [-0.3, -0.25) is 0 Å². The third-order valence-corrected chi connectivity index (χ3v) is 4.54. The van der Waals surface area contributed by atoms with Crippen LogP contribution in [0.2, 0.25) is 0 Å². The Bertz CT molecular complexity index is 583. The number of nitrogen functional groups attached to an aromatic ring is 1. The van der Waals surface area contributed by atoms with Crippen LogP contribution in [-0.4, -0.2) is 21.8 Å². The molecule has 0 aliphatic heterocycles. The number of nitrogens with two attached hydrogens (primary N) is 1. The van der Waals surface area contributed by atoms with Crippen LogP contribution in [-0.2, 0) is 0 Å². The number of aromatic nitrogens is 3. The second-order valence-corrected chi connectivity index (χ2v) is 6.94. The van der Waals surface area contributed by atoms with Gasteiger partial charge in [0.05, 0.1) is 12.3 Å². The Morgan fingerprint density at radius 2 is 2.26 bits per heavy atom. The van der Waals surface area contributed by atoms with Gasteiger partial charge in [-0.15, -0.1) is 10.2 Å². The Morgan fingerprint density at radius 1 is 1.42 bits per heavy atom. The van der Waals surface area contributed by atoms with Gasteiger partial charge in [0.1, 0.15) is 10.0 Å². The average Bonchev–Trinajstić information content (AvgIpc) is 3.13. The molecular formula is C12H14N4OS2. The Balaban J connectivity index is 1.72. The average molecular weight is 294 g/mol. The number of pyridine rings is 1. The zero-order valence-electron chi connectivity index (χ0n) is 10.5. The number of aryl methyl sites for hydroxylation is 1. The maximum Gasteiger partial charge on any atom is 0.238 e. The van der Waals surface area contributed by atoms with E-state index in [2.05, 4.69) is 15.2 Å². The normalized spacial score (nSPS) is 14.6. The van der Waals surface area contributed by atoms with E-state index in [0.29, 0.717) is 24.1 Å². The van der Waals surface area contributed by atoms with Crippen molar-refractivity contribution in [2.24, 2.45) is 5.92 Å². The van der Waals surface area contributed by atoms with E-state index in [9.17, 15) is 0 Å². The van der Waals surface area contributed by atoms with Gasteiger partial charge in [-0.05, 0) is 49.6 Å². The van der Waals surface area contributed by atoms with Crippen molar-refractivity contribution >= 4 is 28.8 Å². The van der Waals surface area contributed by atoms with Crippen LogP contribution in [0.25, 0.3) is 0 Å². The highest BCUT2D eigenvalue weighted by atomic mass is 32.2. The summed E-state index contributed by atoms with van der Waals surface area (Å²) in [6.07, 6.45) is 2.50. The molecule has 0 amide bonds. The van der Waals surface area contributed by atoms with Crippen LogP contribution in [0.4, 0.5) is 5.69 Å². The van der Waals surface area contributed by atoms with Crippen molar-refractivity contribution < 1.29 is 4.74 Å². The van der Waals surface area contributed by atoms with Crippen molar-refractivity contribution in [1.29, 1.82) is 0 Å². The first kappa shape index (κ1) is 12.7. The maximum atomic E-state index is 5.87. The molecule has 1 fully saturated rings. The summed E-state index contributed by atoms with van der Waals surface area (Å²) in [6, 6.07) is 3.70. The zero-order valence-corrected chi connectivity index (χ0v) is 12.1. The molecule has 1 aliphatic carbocycles. The van der Waals surface area contributed by atoms with Gasteiger partial charge in [-0.1, -0.05) is 11.3 Å². The molecule has 1 saturated carbocycles. The van der Waals surface area contributed by atoms with Crippen LogP contribution >= 0.6 is 23.1 Å². The molecule has 5 nitrogen and oxygen atoms in total. The highest BCUT2D eigenvalue weighted by Gasteiger charge is 2.22. The Kier molecular flexibility index (Phi) is 3.56. The van der Waals surface area contributed by atoms with E-state index in [1.54, 1.807) is 11.3 Å². The van der Waals surface area contributed by atoms with Crippen LogP contribution in [0.15, 0.2) is 21.5 Å². The second-order valence-electron chi connectivity index (χ2n) is 4.49. The minimum absolute atomic E-state index is 0.526. The minimum atomic E-state index is 0.526. The van der Waals surface area contributed by atoms with E-state index in [1.165, 1.54) is 24.6 Å². The molecule has 2 N–H and O–H groups in total. The van der Waals surface area contributed by atoms with Gasteiger partial charge in [0, 0.05) is 0 Å². The van der Waals surface area contributed by atoms with Gasteiger partial charge in [0.15, 0.2) is 4.34 Å². The molecule has 0 unspecified atom stereocenters. The van der Waals surface area contributed by atoms with Gasteiger partial charge in [-0.2, -0.15) is 0 Å². The fourth-order valence-electron chi connectivity index (χ4n) is 1.50. The highest BCUT2D eigenvalue weighted by Crippen LogP contribution is 2.33. The van der Waals surface area contributed by atoms with E-state index in [1.807, 2.05) is 19.1 Å². The van der Waals surface area contributed by atoms with E-state index < -0.39 is 0 Å². The van der Waals surface area contributed by atoms with E-state index in [0.717, 1.165) is 14.4 Å². The fraction of sp³-hybridized carbons (Fsp3) is 0.417. The predicted octanol–water partition coefficient (Wildman–Crippen LogP) is 2.76. The van der Waals surface area contributed by atoms with Crippen molar-refractivity contribution in [3.8, 4) is 5.88 Å². The quantitative estimate of drug-likeness (QED) is 0.914. The molecule has 0 aromatic carbocycles. The smallest absolute Gasteiger partial charge is 0.238 e. The summed E-state index contributed by atoms with van der Waals surface area (Å²) >= 11 is 3.03. The molecule has 2 aromatic rings. The monoisotopic (exact) mass is 294 g/mol. The summed E-state index contributed by atoms with van der Waals surface area (Å²) in [4.78, 5) is 4.43. The van der Waals surface area contributed by atoms with Gasteiger partial charge in [0.25, 0.3) is 0 Å². The topological polar surface area (TPSA) is 73.9 Å². The van der Waals surface area contributed by atoms with Crippen molar-refractivity contribution in [2.45, 2.75) is 29.1 Å². The third kappa shape index (κ3) is 3.36. The lowest BCUT2D eigenvalue weighted by Gasteiger charge is -2.08. The number of anilines is 1. The van der Waals surface area contributed by atoms with Crippen molar-refractivity contribution in [1.82, 2.24) is 15.2 Å². The second kappa shape index (κ2) is 5.34. The number of hydrogen-bond acceptors (Lipinski definition) is 7. The molecule has 1 aliphatic rings. The molecule has 0 saturated heterocycles. The molecule has 100 valence electrons. The molecule has 0 radical (unpaired) electrons. The fourth-order valence-corrected chi connectivity index (χ4v) is 3.22. The first-order valence-electron chi connectivity index (χ1n) is 6.08. The number of hydrogen-bond donors (Lipinski definition) is 1. The molecule has 7 heteroatoms. The van der Waals surface area contributed by atoms with Crippen LogP contribution < -0.4 is 10.5 Å². The molecule has 0 bridgehead atoms. The molecule has 3 rings (SSSR count). The third-order valence-electron chi connectivity index (χ3n) is 2.72. The van der Waals surface area contributed by atoms with Crippen LogP contribution in [0.1, 0.15) is 17.8 Å². The van der Waals surface area contributed by atoms with E-state index in [4.69, 9.17) is 10.5 Å². The Hall–Kier alpha value is -1.34. The molecular weight excluding hydrogens is 280 g/mol. The SMILES string of the molecule is Cc1nnc(Sc2ccc(N)c(OCC3CC3)n2)s1. The summed E-state index contributed by atoms with van der Waals surface area (Å²) in [5, 5.41) is 9.83. The Labute approximate surface area is 119 Å². The molecule has 2 heterocycles. The van der Waals surface area contributed by atoms with Crippen LogP contribution in [0.3, 0.4) is 0 Å². The van der Waals surface area contributed by atoms with Crippen LogP contribution in [0, 0.1) is 12.8 Å². The van der Waals surface area contributed by atoms with Crippen molar-refractivity contribution in [3.05, 3.63) is 17.1 Å². The number of ether oxygens (including phenoxy) is 1. The minimum Gasteiger partial charge on any atom is -0.476 e. The first-order chi connectivity index (χ1) is 9.20. The summed E-state index contributed by atoms with van der Waals surface area (Å²) in [5.74, 6) is 1.21. The molecule has 19 heavy (non-hydrogen) atoms. The maximum absolute atomic E-state index is 5.87. The van der Waals surface area contributed by atoms with Crippen molar-refractivity contribution in [2.75, 3.05) is 12.3 Å². The summed E-state index contributed by atoms with van der Waals surface area (Å²) in [5.41, 5.74) is 6.45. The van der Waals surface area contributed by atoms with Gasteiger partial charge in [-0.25, -0.2) is 4.98 Å². The molecule has 2 aromatic heterocycles. The number of rotatable bonds is 5. The number of nitrogens with zero attached hydrogens (tertiary/aromatic N) is 3.